The summed E-state index contributed by atoms with van der Waals surface area (Å²) in [5, 5.41) is 22.0. The van der Waals surface area contributed by atoms with Crippen LogP contribution in [0.1, 0.15) is 31.9 Å². The summed E-state index contributed by atoms with van der Waals surface area (Å²) in [6.45, 7) is 9.11. The average molecular weight is 317 g/mol. The molecule has 0 heterocycles. The second kappa shape index (κ2) is 7.65. The van der Waals surface area contributed by atoms with Gasteiger partial charge in [0.1, 0.15) is 5.60 Å². The highest BCUT2D eigenvalue weighted by Gasteiger charge is 2.22. The maximum Gasteiger partial charge on any atom is 0.408 e. The quantitative estimate of drug-likeness (QED) is 0.816. The van der Waals surface area contributed by atoms with Crippen LogP contribution in [0, 0.1) is 11.3 Å². The molecule has 0 fully saturated rings. The lowest BCUT2D eigenvalue weighted by atomic mass is 10.0. The van der Waals surface area contributed by atoms with Gasteiger partial charge < -0.3 is 10.1 Å². The number of carbonyl (C=O) groups is 1. The molecule has 1 aromatic rings. The van der Waals surface area contributed by atoms with Crippen molar-refractivity contribution in [1.29, 1.82) is 5.26 Å². The number of nitrogens with zero attached hydrogens (tertiary/aromatic N) is 2. The van der Waals surface area contributed by atoms with Crippen molar-refractivity contribution < 1.29 is 14.7 Å². The molecule has 6 heteroatoms. The van der Waals surface area contributed by atoms with Crippen molar-refractivity contribution in [1.82, 2.24) is 10.4 Å². The summed E-state index contributed by atoms with van der Waals surface area (Å²) in [7, 11) is 1.44. The van der Waals surface area contributed by atoms with E-state index >= 15 is 0 Å². The Bertz CT molecular complexity index is 595. The second-order valence-electron chi connectivity index (χ2n) is 6.23. The van der Waals surface area contributed by atoms with Gasteiger partial charge in [-0.05, 0) is 44.9 Å². The number of carbonyl (C=O) groups excluding carboxylic acids is 1. The molecule has 6 nitrogen and oxygen atoms in total. The lowest BCUT2D eigenvalue weighted by Crippen LogP contribution is -2.43. The Morgan fingerprint density at radius 2 is 2.00 bits per heavy atom. The van der Waals surface area contributed by atoms with E-state index in [0.717, 1.165) is 10.6 Å². The van der Waals surface area contributed by atoms with E-state index < -0.39 is 17.7 Å². The van der Waals surface area contributed by atoms with E-state index in [2.05, 4.69) is 18.0 Å². The van der Waals surface area contributed by atoms with Gasteiger partial charge in [-0.25, -0.2) is 4.79 Å². The van der Waals surface area contributed by atoms with E-state index in [1.165, 1.54) is 7.05 Å². The van der Waals surface area contributed by atoms with Crippen LogP contribution in [-0.4, -0.2) is 35.1 Å². The van der Waals surface area contributed by atoms with Crippen LogP contribution in [0.5, 0.6) is 0 Å². The smallest absolute Gasteiger partial charge is 0.408 e. The van der Waals surface area contributed by atoms with Crippen molar-refractivity contribution in [2.45, 2.75) is 38.8 Å². The van der Waals surface area contributed by atoms with Gasteiger partial charge in [0.2, 0.25) is 0 Å². The summed E-state index contributed by atoms with van der Waals surface area (Å²) in [5.74, 6) is 0. The van der Waals surface area contributed by atoms with Crippen LogP contribution in [0.2, 0.25) is 0 Å². The molecule has 0 saturated carbocycles. The summed E-state index contributed by atoms with van der Waals surface area (Å²) < 4.78 is 5.24. The van der Waals surface area contributed by atoms with E-state index in [-0.39, 0.29) is 0 Å². The van der Waals surface area contributed by atoms with Crippen molar-refractivity contribution in [2.75, 3.05) is 7.05 Å². The molecule has 1 atom stereocenters. The Labute approximate surface area is 136 Å². The number of ether oxygens (including phenoxy) is 1. The topological polar surface area (TPSA) is 85.6 Å². The van der Waals surface area contributed by atoms with Crippen LogP contribution < -0.4 is 5.32 Å². The highest BCUT2D eigenvalue weighted by Crippen LogP contribution is 2.14. The number of nitrogens with one attached hydrogen (secondary N) is 1. The Balaban J connectivity index is 2.86. The maximum atomic E-state index is 12.0. The minimum Gasteiger partial charge on any atom is -0.444 e. The van der Waals surface area contributed by atoms with Crippen molar-refractivity contribution in [3.63, 3.8) is 0 Å². The third kappa shape index (κ3) is 6.41. The molecule has 0 bridgehead atoms. The summed E-state index contributed by atoms with van der Waals surface area (Å²) in [4.78, 5) is 12.0. The van der Waals surface area contributed by atoms with Gasteiger partial charge in [0.05, 0.1) is 23.4 Å². The monoisotopic (exact) mass is 317 g/mol. The molecule has 1 aromatic carbocycles. The molecule has 0 unspecified atom stereocenters. The van der Waals surface area contributed by atoms with E-state index in [0.29, 0.717) is 17.7 Å². The van der Waals surface area contributed by atoms with Crippen molar-refractivity contribution in [3.05, 3.63) is 47.7 Å². The second-order valence-corrected chi connectivity index (χ2v) is 6.23. The van der Waals surface area contributed by atoms with Gasteiger partial charge in [0, 0.05) is 7.05 Å². The van der Waals surface area contributed by atoms with Gasteiger partial charge in [0.15, 0.2) is 0 Å². The Morgan fingerprint density at radius 3 is 2.43 bits per heavy atom. The Hall–Kier alpha value is -2.52. The van der Waals surface area contributed by atoms with E-state index in [4.69, 9.17) is 10.00 Å². The molecular formula is C17H23N3O3. The maximum absolute atomic E-state index is 12.0. The third-order valence-electron chi connectivity index (χ3n) is 3.03. The first kappa shape index (κ1) is 18.5. The molecule has 23 heavy (non-hydrogen) atoms. The third-order valence-corrected chi connectivity index (χ3v) is 3.03. The number of amides is 1. The summed E-state index contributed by atoms with van der Waals surface area (Å²) in [6, 6.07) is 8.51. The number of likely N-dealkylation sites (N-methyl/N-ethyl adjacent to an activating group) is 1. The zero-order valence-electron chi connectivity index (χ0n) is 14.0. The van der Waals surface area contributed by atoms with Crippen molar-refractivity contribution in [2.24, 2.45) is 0 Å². The molecule has 1 rings (SSSR count). The van der Waals surface area contributed by atoms with Crippen molar-refractivity contribution in [3.8, 4) is 6.07 Å². The number of nitriles is 1. The lowest BCUT2D eigenvalue weighted by Gasteiger charge is -2.27. The molecule has 1 amide bonds. The lowest BCUT2D eigenvalue weighted by molar-refractivity contribution is -0.0354. The fraction of sp³-hybridized carbons (Fsp3) is 0.412. The van der Waals surface area contributed by atoms with Crippen LogP contribution >= 0.6 is 0 Å². The van der Waals surface area contributed by atoms with Gasteiger partial charge in [-0.1, -0.05) is 18.7 Å². The van der Waals surface area contributed by atoms with Gasteiger partial charge in [-0.3, -0.25) is 10.3 Å². The zero-order valence-corrected chi connectivity index (χ0v) is 14.0. The number of hydrogen-bond acceptors (Lipinski definition) is 5. The fourth-order valence-electron chi connectivity index (χ4n) is 1.88. The molecule has 0 aliphatic carbocycles. The molecule has 0 aromatic heterocycles. The Kier molecular flexibility index (Phi) is 6.17. The minimum absolute atomic E-state index is 0.334. The first-order valence-electron chi connectivity index (χ1n) is 7.22. The summed E-state index contributed by atoms with van der Waals surface area (Å²) >= 11 is 0. The number of rotatable bonds is 5. The number of hydrogen-bond donors (Lipinski definition) is 2. The molecule has 124 valence electrons. The summed E-state index contributed by atoms with van der Waals surface area (Å²) in [5.41, 5.74) is 1.17. The largest absolute Gasteiger partial charge is 0.444 e. The first-order valence-corrected chi connectivity index (χ1v) is 7.22. The predicted octanol–water partition coefficient (Wildman–Crippen LogP) is 2.83. The average Bonchev–Trinajstić information content (AvgIpc) is 2.44. The van der Waals surface area contributed by atoms with Gasteiger partial charge in [-0.15, -0.1) is 0 Å². The minimum atomic E-state index is -0.616. The Morgan fingerprint density at radius 1 is 1.43 bits per heavy atom. The van der Waals surface area contributed by atoms with Crippen molar-refractivity contribution >= 4 is 6.09 Å². The number of benzene rings is 1. The van der Waals surface area contributed by atoms with Crippen LogP contribution in [0.4, 0.5) is 4.79 Å². The SMILES string of the molecule is C=C([C@@H](Cc1ccc(C#N)cc1)NC(=O)OC(C)(C)C)N(C)O. The molecular weight excluding hydrogens is 294 g/mol. The zero-order chi connectivity index (χ0) is 17.6. The van der Waals surface area contributed by atoms with Crippen LogP contribution in [0.15, 0.2) is 36.5 Å². The van der Waals surface area contributed by atoms with Crippen LogP contribution in [0.3, 0.4) is 0 Å². The molecule has 0 saturated heterocycles. The van der Waals surface area contributed by atoms with E-state index in [1.54, 1.807) is 45.0 Å². The molecule has 0 spiro atoms. The van der Waals surface area contributed by atoms with Gasteiger partial charge >= 0.3 is 6.09 Å². The molecule has 2 N–H and O–H groups in total. The number of hydroxylamine groups is 2. The molecule has 0 aliphatic heterocycles. The molecule has 0 radical (unpaired) electrons. The van der Waals surface area contributed by atoms with Gasteiger partial charge in [0.25, 0.3) is 0 Å². The number of alkyl carbamates (subject to hydrolysis) is 1. The van der Waals surface area contributed by atoms with Gasteiger partial charge in [-0.2, -0.15) is 5.26 Å². The molecule has 0 aliphatic rings. The fourth-order valence-corrected chi connectivity index (χ4v) is 1.88. The van der Waals surface area contributed by atoms with Crippen LogP contribution in [0.25, 0.3) is 0 Å². The predicted molar refractivity (Wildman–Crippen MR) is 86.7 cm³/mol. The van der Waals surface area contributed by atoms with E-state index in [1.807, 2.05) is 0 Å². The van der Waals surface area contributed by atoms with Crippen LogP contribution in [-0.2, 0) is 11.2 Å². The standard InChI is InChI=1S/C17H23N3O3/c1-12(20(5)22)15(19-16(21)23-17(2,3)4)10-13-6-8-14(11-18)9-7-13/h6-9,15,22H,1,10H2,2-5H3,(H,19,21)/t15-/m1/s1. The first-order chi connectivity index (χ1) is 10.6. The normalized spacial score (nSPS) is 12.0. The highest BCUT2D eigenvalue weighted by molar-refractivity contribution is 5.68. The highest BCUT2D eigenvalue weighted by atomic mass is 16.6. The van der Waals surface area contributed by atoms with E-state index in [9.17, 15) is 10.0 Å². The summed E-state index contributed by atoms with van der Waals surface area (Å²) in [6.07, 6.45) is -0.173.